The number of nitrogens with zero attached hydrogens (tertiary/aromatic N) is 2. The van der Waals surface area contributed by atoms with Crippen molar-refractivity contribution in [1.29, 1.82) is 0 Å². The van der Waals surface area contributed by atoms with E-state index in [1.807, 2.05) is 60.4 Å². The van der Waals surface area contributed by atoms with E-state index in [0.29, 0.717) is 24.2 Å². The molecule has 176 valence electrons. The minimum Gasteiger partial charge on any atom is -0.497 e. The second-order valence-corrected chi connectivity index (χ2v) is 10.8. The van der Waals surface area contributed by atoms with Crippen LogP contribution in [0.3, 0.4) is 0 Å². The van der Waals surface area contributed by atoms with Gasteiger partial charge in [0.15, 0.2) is 0 Å². The smallest absolute Gasteiger partial charge is 0.264 e. The molecule has 3 aromatic carbocycles. The summed E-state index contributed by atoms with van der Waals surface area (Å²) in [5.74, 6) is 0.619. The Morgan fingerprint density at radius 2 is 1.76 bits per heavy atom. The quantitative estimate of drug-likeness (QED) is 0.498. The molecular weight excluding hydrogens is 448 g/mol. The average Bonchev–Trinajstić information content (AvgIpc) is 3.63. The molecule has 0 bridgehead atoms. The zero-order valence-corrected chi connectivity index (χ0v) is 20.2. The van der Waals surface area contributed by atoms with Crippen LogP contribution in [0.2, 0.25) is 0 Å². The molecule has 34 heavy (non-hydrogen) atoms. The molecule has 1 aliphatic carbocycles. The Bertz CT molecular complexity index is 1320. The van der Waals surface area contributed by atoms with Crippen LogP contribution in [0.25, 0.3) is 0 Å². The molecule has 1 heterocycles. The number of methoxy groups -OCH3 is 1. The van der Waals surface area contributed by atoms with Crippen LogP contribution in [0.5, 0.6) is 5.75 Å². The standard InChI is InChI=1S/C27H28N2O4S/c1-19-16-21-6-3-4-9-26(21)29(19)34(31,32)25-8-5-7-22(17-25)27(30)28(23-12-13-23)18-20-10-14-24(33-2)15-11-20/h3-11,14-15,17,19,23H,12-13,16,18H2,1-2H3. The highest BCUT2D eigenvalue weighted by Crippen LogP contribution is 2.37. The van der Waals surface area contributed by atoms with Gasteiger partial charge in [-0.1, -0.05) is 36.4 Å². The number of fused-ring (bicyclic) bond motifs is 1. The molecule has 0 saturated heterocycles. The Morgan fingerprint density at radius 3 is 2.47 bits per heavy atom. The molecule has 0 aromatic heterocycles. The van der Waals surface area contributed by atoms with Crippen LogP contribution in [-0.4, -0.2) is 38.4 Å². The first-order valence-electron chi connectivity index (χ1n) is 11.5. The van der Waals surface area contributed by atoms with Crippen molar-refractivity contribution in [3.63, 3.8) is 0 Å². The van der Waals surface area contributed by atoms with Gasteiger partial charge in [0.2, 0.25) is 0 Å². The summed E-state index contributed by atoms with van der Waals surface area (Å²) in [6.45, 7) is 2.39. The van der Waals surface area contributed by atoms with Gasteiger partial charge in [0.1, 0.15) is 5.75 Å². The number of carbonyl (C=O) groups is 1. The molecule has 1 unspecified atom stereocenters. The summed E-state index contributed by atoms with van der Waals surface area (Å²) < 4.78 is 34.0. The van der Waals surface area contributed by atoms with Crippen LogP contribution in [0, 0.1) is 0 Å². The van der Waals surface area contributed by atoms with Crippen molar-refractivity contribution in [2.45, 2.75) is 49.7 Å². The topological polar surface area (TPSA) is 66.9 Å². The van der Waals surface area contributed by atoms with Gasteiger partial charge >= 0.3 is 0 Å². The monoisotopic (exact) mass is 476 g/mol. The van der Waals surface area contributed by atoms with Crippen molar-refractivity contribution < 1.29 is 17.9 Å². The minimum absolute atomic E-state index is 0.141. The van der Waals surface area contributed by atoms with E-state index in [9.17, 15) is 13.2 Å². The molecular formula is C27H28N2O4S. The van der Waals surface area contributed by atoms with Gasteiger partial charge in [-0.3, -0.25) is 9.10 Å². The highest BCUT2D eigenvalue weighted by Gasteiger charge is 2.37. The van der Waals surface area contributed by atoms with Crippen molar-refractivity contribution >= 4 is 21.6 Å². The number of hydrogen-bond acceptors (Lipinski definition) is 4. The van der Waals surface area contributed by atoms with Gasteiger partial charge < -0.3 is 9.64 Å². The van der Waals surface area contributed by atoms with E-state index in [1.54, 1.807) is 25.3 Å². The molecule has 1 amide bonds. The zero-order chi connectivity index (χ0) is 23.9. The van der Waals surface area contributed by atoms with E-state index in [2.05, 4.69) is 0 Å². The molecule has 1 aliphatic heterocycles. The summed E-state index contributed by atoms with van der Waals surface area (Å²) in [4.78, 5) is 15.5. The lowest BCUT2D eigenvalue weighted by Gasteiger charge is -2.25. The number of benzene rings is 3. The van der Waals surface area contributed by atoms with Crippen molar-refractivity contribution in [1.82, 2.24) is 4.90 Å². The number of hydrogen-bond donors (Lipinski definition) is 0. The second-order valence-electron chi connectivity index (χ2n) is 9.02. The highest BCUT2D eigenvalue weighted by molar-refractivity contribution is 7.92. The lowest BCUT2D eigenvalue weighted by Crippen LogP contribution is -2.36. The normalized spacial score (nSPS) is 17.4. The Labute approximate surface area is 200 Å². The summed E-state index contributed by atoms with van der Waals surface area (Å²) in [7, 11) is -2.18. The fraction of sp³-hybridized carbons (Fsp3) is 0.296. The summed E-state index contributed by atoms with van der Waals surface area (Å²) >= 11 is 0. The molecule has 0 radical (unpaired) electrons. The number of amides is 1. The molecule has 3 aromatic rings. The van der Waals surface area contributed by atoms with E-state index in [-0.39, 0.29) is 22.9 Å². The Morgan fingerprint density at radius 1 is 1.03 bits per heavy atom. The highest BCUT2D eigenvalue weighted by atomic mass is 32.2. The van der Waals surface area contributed by atoms with Gasteiger partial charge in [-0.25, -0.2) is 8.42 Å². The van der Waals surface area contributed by atoms with Gasteiger partial charge in [-0.05, 0) is 73.7 Å². The first kappa shape index (κ1) is 22.5. The van der Waals surface area contributed by atoms with Gasteiger partial charge in [-0.2, -0.15) is 0 Å². The Balaban J connectivity index is 1.43. The first-order chi connectivity index (χ1) is 16.4. The van der Waals surface area contributed by atoms with Crippen LogP contribution in [0.1, 0.15) is 41.3 Å². The number of para-hydroxylation sites is 1. The van der Waals surface area contributed by atoms with Gasteiger partial charge in [0.25, 0.3) is 15.9 Å². The van der Waals surface area contributed by atoms with Gasteiger partial charge in [-0.15, -0.1) is 0 Å². The molecule has 1 fully saturated rings. The summed E-state index contributed by atoms with van der Waals surface area (Å²) in [6.07, 6.45) is 2.59. The fourth-order valence-corrected chi connectivity index (χ4v) is 6.39. The van der Waals surface area contributed by atoms with E-state index >= 15 is 0 Å². The molecule has 1 saturated carbocycles. The molecule has 0 N–H and O–H groups in total. The largest absolute Gasteiger partial charge is 0.497 e. The Hall–Kier alpha value is -3.32. The van der Waals surface area contributed by atoms with Gasteiger partial charge in [0.05, 0.1) is 17.7 Å². The number of sulfonamides is 1. The summed E-state index contributed by atoms with van der Waals surface area (Å²) in [5, 5.41) is 0. The lowest BCUT2D eigenvalue weighted by molar-refractivity contribution is 0.0729. The molecule has 7 heteroatoms. The molecule has 5 rings (SSSR count). The molecule has 0 spiro atoms. The second kappa shape index (κ2) is 8.80. The van der Waals surface area contributed by atoms with Crippen molar-refractivity contribution in [2.75, 3.05) is 11.4 Å². The molecule has 2 aliphatic rings. The fourth-order valence-electron chi connectivity index (χ4n) is 4.65. The zero-order valence-electron chi connectivity index (χ0n) is 19.3. The third-order valence-electron chi connectivity index (χ3n) is 6.54. The van der Waals surface area contributed by atoms with Crippen LogP contribution in [-0.2, 0) is 23.0 Å². The third-order valence-corrected chi connectivity index (χ3v) is 8.47. The van der Waals surface area contributed by atoms with Crippen molar-refractivity contribution in [2.24, 2.45) is 0 Å². The number of carbonyl (C=O) groups excluding carboxylic acids is 1. The number of ether oxygens (including phenoxy) is 1. The summed E-state index contributed by atoms with van der Waals surface area (Å²) in [5.41, 5.74) is 3.13. The van der Waals surface area contributed by atoms with E-state index in [0.717, 1.165) is 29.7 Å². The van der Waals surface area contributed by atoms with Crippen molar-refractivity contribution in [3.8, 4) is 5.75 Å². The summed E-state index contributed by atoms with van der Waals surface area (Å²) in [6, 6.07) is 21.7. The molecule has 6 nitrogen and oxygen atoms in total. The predicted octanol–water partition coefficient (Wildman–Crippen LogP) is 4.64. The maximum absolute atomic E-state index is 13.6. The minimum atomic E-state index is -3.81. The number of rotatable bonds is 7. The predicted molar refractivity (Wildman–Crippen MR) is 132 cm³/mol. The maximum atomic E-state index is 13.6. The average molecular weight is 477 g/mol. The van der Waals surface area contributed by atoms with Crippen LogP contribution < -0.4 is 9.04 Å². The van der Waals surface area contributed by atoms with Crippen LogP contribution >= 0.6 is 0 Å². The SMILES string of the molecule is COc1ccc(CN(C(=O)c2cccc(S(=O)(=O)N3c4ccccc4CC3C)c2)C2CC2)cc1. The molecule has 1 atom stereocenters. The van der Waals surface area contributed by atoms with E-state index in [4.69, 9.17) is 4.74 Å². The van der Waals surface area contributed by atoms with Crippen LogP contribution in [0.4, 0.5) is 5.69 Å². The first-order valence-corrected chi connectivity index (χ1v) is 13.0. The van der Waals surface area contributed by atoms with Gasteiger partial charge in [0, 0.05) is 24.2 Å². The van der Waals surface area contributed by atoms with E-state index < -0.39 is 10.0 Å². The Kier molecular flexibility index (Phi) is 5.81. The van der Waals surface area contributed by atoms with Crippen molar-refractivity contribution in [3.05, 3.63) is 89.5 Å². The maximum Gasteiger partial charge on any atom is 0.264 e. The third kappa shape index (κ3) is 4.16. The lowest BCUT2D eigenvalue weighted by atomic mass is 10.1. The number of anilines is 1. The van der Waals surface area contributed by atoms with Crippen LogP contribution in [0.15, 0.2) is 77.7 Å². The van der Waals surface area contributed by atoms with E-state index in [1.165, 1.54) is 10.4 Å².